The lowest BCUT2D eigenvalue weighted by Gasteiger charge is -2.25. The van der Waals surface area contributed by atoms with Gasteiger partial charge in [0, 0.05) is 17.3 Å². The fraction of sp³-hybridized carbons (Fsp3) is 0.316. The molecule has 2 aromatic carbocycles. The van der Waals surface area contributed by atoms with E-state index in [4.69, 9.17) is 0 Å². The molecule has 0 aliphatic heterocycles. The highest BCUT2D eigenvalue weighted by Gasteiger charge is 2.27. The number of amides is 1. The molecule has 0 aromatic heterocycles. The number of hydrogen-bond acceptors (Lipinski definition) is 3. The van der Waals surface area contributed by atoms with Gasteiger partial charge in [0.2, 0.25) is 5.91 Å². The van der Waals surface area contributed by atoms with Gasteiger partial charge < -0.3 is 15.7 Å². The van der Waals surface area contributed by atoms with Gasteiger partial charge in [-0.1, -0.05) is 24.3 Å². The second-order valence-corrected chi connectivity index (χ2v) is 6.30. The van der Waals surface area contributed by atoms with Gasteiger partial charge in [-0.3, -0.25) is 4.79 Å². The molecule has 0 fully saturated rings. The van der Waals surface area contributed by atoms with E-state index in [0.717, 1.165) is 22.9 Å². The van der Waals surface area contributed by atoms with Crippen molar-refractivity contribution in [2.24, 2.45) is 0 Å². The first kappa shape index (κ1) is 18.9. The second kappa shape index (κ2) is 7.61. The molecular formula is C19H22F2N2O2. The summed E-state index contributed by atoms with van der Waals surface area (Å²) in [4.78, 5) is 12.0. The molecule has 0 saturated heterocycles. The van der Waals surface area contributed by atoms with Gasteiger partial charge in [0.15, 0.2) is 0 Å². The van der Waals surface area contributed by atoms with Crippen LogP contribution in [0.15, 0.2) is 36.4 Å². The molecule has 0 aliphatic carbocycles. The molecule has 2 aromatic rings. The minimum atomic E-state index is -1.65. The van der Waals surface area contributed by atoms with Crippen molar-refractivity contribution in [3.63, 3.8) is 0 Å². The monoisotopic (exact) mass is 348 g/mol. The lowest BCUT2D eigenvalue weighted by atomic mass is 9.95. The Morgan fingerprint density at radius 1 is 1.16 bits per heavy atom. The Labute approximate surface area is 145 Å². The number of nitrogens with one attached hydrogen (secondary N) is 2. The van der Waals surface area contributed by atoms with Crippen LogP contribution in [0.2, 0.25) is 0 Å². The van der Waals surface area contributed by atoms with E-state index in [2.05, 4.69) is 10.6 Å². The maximum atomic E-state index is 13.8. The van der Waals surface area contributed by atoms with Crippen molar-refractivity contribution in [3.05, 3.63) is 64.7 Å². The molecule has 1 amide bonds. The summed E-state index contributed by atoms with van der Waals surface area (Å²) in [6, 6.07) is 8.76. The highest BCUT2D eigenvalue weighted by Crippen LogP contribution is 2.23. The van der Waals surface area contributed by atoms with Gasteiger partial charge in [-0.15, -0.1) is 0 Å². The molecule has 1 unspecified atom stereocenters. The fourth-order valence-corrected chi connectivity index (χ4v) is 2.62. The molecule has 1 atom stereocenters. The molecule has 0 radical (unpaired) electrons. The first-order chi connectivity index (χ1) is 11.7. The van der Waals surface area contributed by atoms with E-state index in [9.17, 15) is 18.7 Å². The first-order valence-electron chi connectivity index (χ1n) is 7.95. The first-order valence-corrected chi connectivity index (χ1v) is 7.95. The van der Waals surface area contributed by atoms with E-state index in [-0.39, 0.29) is 24.6 Å². The number of benzene rings is 2. The molecule has 3 N–H and O–H groups in total. The Morgan fingerprint density at radius 2 is 1.80 bits per heavy atom. The van der Waals surface area contributed by atoms with Gasteiger partial charge in [0.25, 0.3) is 0 Å². The summed E-state index contributed by atoms with van der Waals surface area (Å²) in [5.41, 5.74) is 1.21. The van der Waals surface area contributed by atoms with Crippen molar-refractivity contribution < 1.29 is 18.7 Å². The van der Waals surface area contributed by atoms with Crippen molar-refractivity contribution in [2.45, 2.75) is 26.4 Å². The zero-order valence-electron chi connectivity index (χ0n) is 14.5. The number of rotatable bonds is 6. The standard InChI is InChI=1S/C19H22F2N2O2/c1-12-5-4-6-13(2)18(12)22-10-17(24)23-11-19(3,25)15-8-7-14(20)9-16(15)21/h4-9,22,25H,10-11H2,1-3H3,(H,23,24). The minimum absolute atomic E-state index is 0.0215. The fourth-order valence-electron chi connectivity index (χ4n) is 2.62. The van der Waals surface area contributed by atoms with Gasteiger partial charge in [0.05, 0.1) is 13.1 Å². The molecule has 0 aliphatic rings. The second-order valence-electron chi connectivity index (χ2n) is 6.30. The normalized spacial score (nSPS) is 13.2. The highest BCUT2D eigenvalue weighted by molar-refractivity contribution is 5.81. The zero-order chi connectivity index (χ0) is 18.6. The van der Waals surface area contributed by atoms with Gasteiger partial charge in [-0.2, -0.15) is 0 Å². The van der Waals surface area contributed by atoms with Crippen LogP contribution in [-0.2, 0) is 10.4 Å². The summed E-state index contributed by atoms with van der Waals surface area (Å²) in [6.07, 6.45) is 0. The van der Waals surface area contributed by atoms with Crippen LogP contribution in [0.1, 0.15) is 23.6 Å². The third-order valence-corrected chi connectivity index (χ3v) is 4.05. The zero-order valence-corrected chi connectivity index (χ0v) is 14.5. The number of aliphatic hydroxyl groups is 1. The molecule has 134 valence electrons. The topological polar surface area (TPSA) is 61.4 Å². The lowest BCUT2D eigenvalue weighted by molar-refractivity contribution is -0.120. The van der Waals surface area contributed by atoms with Crippen LogP contribution in [-0.4, -0.2) is 24.1 Å². The Hall–Kier alpha value is -2.47. The SMILES string of the molecule is Cc1cccc(C)c1NCC(=O)NCC(C)(O)c1ccc(F)cc1F. The van der Waals surface area contributed by atoms with Crippen molar-refractivity contribution >= 4 is 11.6 Å². The number of anilines is 1. The number of halogens is 2. The molecule has 25 heavy (non-hydrogen) atoms. The number of hydrogen-bond donors (Lipinski definition) is 3. The van der Waals surface area contributed by atoms with Crippen LogP contribution >= 0.6 is 0 Å². The molecule has 2 rings (SSSR count). The van der Waals surface area contributed by atoms with E-state index >= 15 is 0 Å². The van der Waals surface area contributed by atoms with Crippen LogP contribution in [0.25, 0.3) is 0 Å². The van der Waals surface area contributed by atoms with E-state index in [1.54, 1.807) is 0 Å². The molecule has 0 bridgehead atoms. The average molecular weight is 348 g/mol. The lowest BCUT2D eigenvalue weighted by Crippen LogP contribution is -2.41. The van der Waals surface area contributed by atoms with Gasteiger partial charge in [-0.05, 0) is 38.0 Å². The quantitative estimate of drug-likeness (QED) is 0.752. The van der Waals surface area contributed by atoms with E-state index in [1.807, 2.05) is 32.0 Å². The molecule has 0 heterocycles. The summed E-state index contributed by atoms with van der Waals surface area (Å²) in [5, 5.41) is 16.0. The van der Waals surface area contributed by atoms with Gasteiger partial charge in [0.1, 0.15) is 17.2 Å². The van der Waals surface area contributed by atoms with Crippen molar-refractivity contribution in [1.29, 1.82) is 0 Å². The van der Waals surface area contributed by atoms with Crippen LogP contribution in [0.4, 0.5) is 14.5 Å². The van der Waals surface area contributed by atoms with E-state index in [0.29, 0.717) is 6.07 Å². The van der Waals surface area contributed by atoms with Crippen LogP contribution in [0.3, 0.4) is 0 Å². The Morgan fingerprint density at radius 3 is 2.40 bits per heavy atom. The summed E-state index contributed by atoms with van der Waals surface area (Å²) in [6.45, 7) is 5.07. The average Bonchev–Trinajstić information content (AvgIpc) is 2.52. The summed E-state index contributed by atoms with van der Waals surface area (Å²) in [5.74, 6) is -1.92. The smallest absolute Gasteiger partial charge is 0.239 e. The molecule has 6 heteroatoms. The highest BCUT2D eigenvalue weighted by atomic mass is 19.1. The number of carbonyl (C=O) groups is 1. The predicted octanol–water partition coefficient (Wildman–Crippen LogP) is 3.02. The maximum absolute atomic E-state index is 13.8. The van der Waals surface area contributed by atoms with Crippen molar-refractivity contribution in [3.8, 4) is 0 Å². The van der Waals surface area contributed by atoms with Crippen LogP contribution in [0, 0.1) is 25.5 Å². The Bertz CT molecular complexity index is 756. The number of para-hydroxylation sites is 1. The van der Waals surface area contributed by atoms with E-state index in [1.165, 1.54) is 13.0 Å². The number of carbonyl (C=O) groups excluding carboxylic acids is 1. The maximum Gasteiger partial charge on any atom is 0.239 e. The number of aryl methyl sites for hydroxylation is 2. The van der Waals surface area contributed by atoms with Gasteiger partial charge in [-0.25, -0.2) is 8.78 Å². The third kappa shape index (κ3) is 4.76. The summed E-state index contributed by atoms with van der Waals surface area (Å²) in [7, 11) is 0. The predicted molar refractivity (Wildman–Crippen MR) is 93.3 cm³/mol. The molecular weight excluding hydrogens is 326 g/mol. The Balaban J connectivity index is 1.95. The van der Waals surface area contributed by atoms with Crippen molar-refractivity contribution in [1.82, 2.24) is 5.32 Å². The third-order valence-electron chi connectivity index (χ3n) is 4.05. The molecule has 0 saturated carbocycles. The van der Waals surface area contributed by atoms with Crippen LogP contribution in [0.5, 0.6) is 0 Å². The molecule has 0 spiro atoms. The van der Waals surface area contributed by atoms with Crippen molar-refractivity contribution in [2.75, 3.05) is 18.4 Å². The van der Waals surface area contributed by atoms with E-state index < -0.39 is 17.2 Å². The summed E-state index contributed by atoms with van der Waals surface area (Å²) < 4.78 is 26.8. The molecule has 4 nitrogen and oxygen atoms in total. The minimum Gasteiger partial charge on any atom is -0.383 e. The summed E-state index contributed by atoms with van der Waals surface area (Å²) >= 11 is 0. The van der Waals surface area contributed by atoms with Crippen LogP contribution < -0.4 is 10.6 Å². The Kier molecular flexibility index (Phi) is 5.74. The van der Waals surface area contributed by atoms with Gasteiger partial charge >= 0.3 is 0 Å². The largest absolute Gasteiger partial charge is 0.383 e.